The zero-order chi connectivity index (χ0) is 21.4. The van der Waals surface area contributed by atoms with Crippen LogP contribution in [-0.4, -0.2) is 48.3 Å². The highest BCUT2D eigenvalue weighted by Gasteiger charge is 2.20. The topological polar surface area (TPSA) is 71.4 Å². The van der Waals surface area contributed by atoms with Crippen molar-refractivity contribution in [1.29, 1.82) is 0 Å². The summed E-state index contributed by atoms with van der Waals surface area (Å²) in [7, 11) is 2.17. The van der Waals surface area contributed by atoms with E-state index in [2.05, 4.69) is 45.2 Å². The second-order valence-corrected chi connectivity index (χ2v) is 9.05. The predicted octanol–water partition coefficient (Wildman–Crippen LogP) is 4.54. The summed E-state index contributed by atoms with van der Waals surface area (Å²) < 4.78 is 5.59. The molecule has 1 aliphatic heterocycles. The predicted molar refractivity (Wildman–Crippen MR) is 124 cm³/mol. The number of likely N-dealkylation sites (N-methyl/N-ethyl adjacent to an activating group) is 1. The maximum absolute atomic E-state index is 6.67. The first-order valence-corrected chi connectivity index (χ1v) is 11.4. The van der Waals surface area contributed by atoms with Crippen LogP contribution in [0.2, 0.25) is 5.02 Å². The van der Waals surface area contributed by atoms with Crippen LogP contribution in [-0.2, 0) is 6.42 Å². The molecule has 0 radical (unpaired) electrons. The molecule has 0 bridgehead atoms. The third kappa shape index (κ3) is 4.20. The normalized spacial score (nSPS) is 19.8. The number of hydrogen-bond acceptors (Lipinski definition) is 6. The summed E-state index contributed by atoms with van der Waals surface area (Å²) in [6.07, 6.45) is 4.34. The SMILES string of the molecule is CN1CCCN(c2ccc(-c3noc(-c4ccc5c(c4)CCCC5N)n3)cc2Cl)CC1. The summed E-state index contributed by atoms with van der Waals surface area (Å²) >= 11 is 6.67. The van der Waals surface area contributed by atoms with Crippen molar-refractivity contribution in [3.05, 3.63) is 52.5 Å². The Balaban J connectivity index is 1.38. The van der Waals surface area contributed by atoms with Crippen molar-refractivity contribution in [2.75, 3.05) is 38.1 Å². The number of nitrogens with two attached hydrogens (primary N) is 1. The van der Waals surface area contributed by atoms with Gasteiger partial charge in [0.15, 0.2) is 0 Å². The van der Waals surface area contributed by atoms with Crippen LogP contribution >= 0.6 is 11.6 Å². The van der Waals surface area contributed by atoms with Crippen LogP contribution < -0.4 is 10.6 Å². The quantitative estimate of drug-likeness (QED) is 0.648. The number of aromatic nitrogens is 2. The Hall–Kier alpha value is -2.41. The minimum Gasteiger partial charge on any atom is -0.369 e. The lowest BCUT2D eigenvalue weighted by Crippen LogP contribution is -2.28. The first-order valence-electron chi connectivity index (χ1n) is 11.0. The zero-order valence-electron chi connectivity index (χ0n) is 17.9. The van der Waals surface area contributed by atoms with Crippen LogP contribution in [0.1, 0.15) is 36.4 Å². The van der Waals surface area contributed by atoms with Gasteiger partial charge in [-0.3, -0.25) is 0 Å². The Bertz CT molecular complexity index is 1080. The molecule has 2 aliphatic rings. The zero-order valence-corrected chi connectivity index (χ0v) is 18.6. The van der Waals surface area contributed by atoms with Gasteiger partial charge >= 0.3 is 0 Å². The molecular weight excluding hydrogens is 410 g/mol. The molecule has 1 unspecified atom stereocenters. The molecule has 5 rings (SSSR count). The van der Waals surface area contributed by atoms with E-state index in [-0.39, 0.29) is 6.04 Å². The summed E-state index contributed by atoms with van der Waals surface area (Å²) in [4.78, 5) is 9.35. The monoisotopic (exact) mass is 437 g/mol. The third-order valence-corrected chi connectivity index (χ3v) is 6.75. The molecule has 1 atom stereocenters. The van der Waals surface area contributed by atoms with E-state index in [0.717, 1.165) is 73.7 Å². The van der Waals surface area contributed by atoms with Crippen LogP contribution in [0.15, 0.2) is 40.9 Å². The van der Waals surface area contributed by atoms with Gasteiger partial charge in [0.1, 0.15) is 0 Å². The van der Waals surface area contributed by atoms with E-state index < -0.39 is 0 Å². The van der Waals surface area contributed by atoms with Gasteiger partial charge in [0.25, 0.3) is 5.89 Å². The standard InChI is InChI=1S/C24H28ClN5O/c1-29-10-3-11-30(13-12-29)22-9-7-17(15-20(22)25)23-27-24(31-28-23)18-6-8-19-16(14-18)4-2-5-21(19)26/h6-9,14-15,21H,2-5,10-13,26H2,1H3. The third-order valence-electron chi connectivity index (χ3n) is 6.44. The lowest BCUT2D eigenvalue weighted by Gasteiger charge is -2.24. The fourth-order valence-electron chi connectivity index (χ4n) is 4.63. The maximum Gasteiger partial charge on any atom is 0.258 e. The lowest BCUT2D eigenvalue weighted by molar-refractivity contribution is 0.360. The second kappa shape index (κ2) is 8.61. The van der Waals surface area contributed by atoms with Crippen molar-refractivity contribution >= 4 is 17.3 Å². The van der Waals surface area contributed by atoms with Crippen LogP contribution in [0.4, 0.5) is 5.69 Å². The van der Waals surface area contributed by atoms with Gasteiger partial charge in [-0.2, -0.15) is 4.98 Å². The summed E-state index contributed by atoms with van der Waals surface area (Å²) in [5, 5.41) is 4.93. The van der Waals surface area contributed by atoms with Gasteiger partial charge in [0, 0.05) is 36.8 Å². The number of fused-ring (bicyclic) bond motifs is 1. The number of anilines is 1. The Labute approximate surface area is 188 Å². The maximum atomic E-state index is 6.67. The van der Waals surface area contributed by atoms with Gasteiger partial charge in [-0.05, 0) is 80.7 Å². The fourth-order valence-corrected chi connectivity index (χ4v) is 4.93. The van der Waals surface area contributed by atoms with Crippen molar-refractivity contribution in [1.82, 2.24) is 15.0 Å². The van der Waals surface area contributed by atoms with Gasteiger partial charge in [-0.15, -0.1) is 0 Å². The molecule has 2 aromatic carbocycles. The molecule has 0 amide bonds. The molecule has 1 aliphatic carbocycles. The number of rotatable bonds is 3. The summed E-state index contributed by atoms with van der Waals surface area (Å²) in [6.45, 7) is 4.14. The average molecular weight is 438 g/mol. The summed E-state index contributed by atoms with van der Waals surface area (Å²) in [6, 6.07) is 12.4. The van der Waals surface area contributed by atoms with E-state index >= 15 is 0 Å². The fraction of sp³-hybridized carbons (Fsp3) is 0.417. The number of benzene rings is 2. The van der Waals surface area contributed by atoms with Gasteiger partial charge < -0.3 is 20.1 Å². The molecule has 1 aromatic heterocycles. The Morgan fingerprint density at radius 1 is 1.03 bits per heavy atom. The molecule has 0 spiro atoms. The average Bonchev–Trinajstić information content (AvgIpc) is 3.17. The van der Waals surface area contributed by atoms with Crippen molar-refractivity contribution in [2.45, 2.75) is 31.7 Å². The van der Waals surface area contributed by atoms with Gasteiger partial charge in [0.05, 0.1) is 10.7 Å². The van der Waals surface area contributed by atoms with Crippen molar-refractivity contribution in [3.8, 4) is 22.8 Å². The highest BCUT2D eigenvalue weighted by atomic mass is 35.5. The van der Waals surface area contributed by atoms with Crippen LogP contribution in [0, 0.1) is 0 Å². The second-order valence-electron chi connectivity index (χ2n) is 8.65. The minimum atomic E-state index is 0.126. The molecule has 1 fully saturated rings. The van der Waals surface area contributed by atoms with Crippen LogP contribution in [0.5, 0.6) is 0 Å². The molecule has 0 saturated carbocycles. The summed E-state index contributed by atoms with van der Waals surface area (Å²) in [5.74, 6) is 1.07. The molecule has 1 saturated heterocycles. The van der Waals surface area contributed by atoms with Crippen LogP contribution in [0.3, 0.4) is 0 Å². The Morgan fingerprint density at radius 3 is 2.77 bits per heavy atom. The summed E-state index contributed by atoms with van der Waals surface area (Å²) in [5.41, 5.74) is 11.6. The first-order chi connectivity index (χ1) is 15.1. The molecule has 3 aromatic rings. The number of nitrogens with zero attached hydrogens (tertiary/aromatic N) is 4. The number of aryl methyl sites for hydroxylation is 1. The van der Waals surface area contributed by atoms with E-state index in [1.165, 1.54) is 11.1 Å². The van der Waals surface area contributed by atoms with Crippen molar-refractivity contribution < 1.29 is 4.52 Å². The Morgan fingerprint density at radius 2 is 1.90 bits per heavy atom. The van der Waals surface area contributed by atoms with Crippen molar-refractivity contribution in [2.24, 2.45) is 5.73 Å². The smallest absolute Gasteiger partial charge is 0.258 e. The highest BCUT2D eigenvalue weighted by molar-refractivity contribution is 6.33. The van der Waals surface area contributed by atoms with E-state index in [1.54, 1.807) is 0 Å². The minimum absolute atomic E-state index is 0.126. The van der Waals surface area contributed by atoms with Crippen molar-refractivity contribution in [3.63, 3.8) is 0 Å². The van der Waals surface area contributed by atoms with Gasteiger partial charge in [-0.1, -0.05) is 22.8 Å². The van der Waals surface area contributed by atoms with Crippen LogP contribution in [0.25, 0.3) is 22.8 Å². The molecule has 2 heterocycles. The molecule has 6 nitrogen and oxygen atoms in total. The van der Waals surface area contributed by atoms with Gasteiger partial charge in [-0.25, -0.2) is 0 Å². The first kappa shape index (κ1) is 20.5. The number of hydrogen-bond donors (Lipinski definition) is 1. The molecular formula is C24H28ClN5O. The molecule has 2 N–H and O–H groups in total. The molecule has 162 valence electrons. The molecule has 31 heavy (non-hydrogen) atoms. The highest BCUT2D eigenvalue weighted by Crippen LogP contribution is 2.34. The van der Waals surface area contributed by atoms with E-state index in [0.29, 0.717) is 11.7 Å². The van der Waals surface area contributed by atoms with E-state index in [4.69, 9.17) is 21.9 Å². The van der Waals surface area contributed by atoms with Gasteiger partial charge in [0.2, 0.25) is 5.82 Å². The lowest BCUT2D eigenvalue weighted by atomic mass is 9.87. The largest absolute Gasteiger partial charge is 0.369 e. The number of halogens is 1. The Kier molecular flexibility index (Phi) is 5.69. The van der Waals surface area contributed by atoms with E-state index in [1.807, 2.05) is 18.2 Å². The molecule has 7 heteroatoms. The van der Waals surface area contributed by atoms with E-state index in [9.17, 15) is 0 Å².